The molecular weight excluding hydrogens is 1250 g/mol. The fourth-order valence-corrected chi connectivity index (χ4v) is 12.1. The Kier molecular flexibility index (Phi) is 54.2. The molecule has 0 fully saturated rings. The molecule has 0 saturated heterocycles. The summed E-state index contributed by atoms with van der Waals surface area (Å²) in [5, 5.41) is 39.8. The number of unbranched alkanes of at least 4 members (excludes halogenated alkanes) is 12. The minimum atomic E-state index is -2.04. The predicted molar refractivity (Wildman–Crippen MR) is 367 cm³/mol. The van der Waals surface area contributed by atoms with Gasteiger partial charge in [0.1, 0.15) is 0 Å². The van der Waals surface area contributed by atoms with E-state index in [4.69, 9.17) is 0 Å². The normalized spacial score (nSPS) is 11.0. The van der Waals surface area contributed by atoms with Crippen LogP contribution in [0.25, 0.3) is 22.8 Å². The van der Waals surface area contributed by atoms with Gasteiger partial charge in [0.15, 0.2) is 0 Å². The van der Waals surface area contributed by atoms with Gasteiger partial charge in [-0.1, -0.05) is 160 Å². The van der Waals surface area contributed by atoms with E-state index >= 15 is 0 Å². The van der Waals surface area contributed by atoms with Gasteiger partial charge in [-0.15, -0.1) is 0 Å². The quantitative estimate of drug-likeness (QED) is 0.0225. The zero-order valence-electron chi connectivity index (χ0n) is 56.6. The van der Waals surface area contributed by atoms with Crippen LogP contribution < -0.4 is 15.3 Å². The van der Waals surface area contributed by atoms with Crippen LogP contribution in [0.3, 0.4) is 0 Å². The van der Waals surface area contributed by atoms with E-state index in [9.17, 15) is 29.7 Å². The molecule has 0 unspecified atom stereocenters. The summed E-state index contributed by atoms with van der Waals surface area (Å²) in [5.74, 6) is -4.37. The van der Waals surface area contributed by atoms with Gasteiger partial charge in [-0.05, 0) is 113 Å². The van der Waals surface area contributed by atoms with E-state index in [1.807, 2.05) is 0 Å². The summed E-state index contributed by atoms with van der Waals surface area (Å²) >= 11 is 11.0. The predicted octanol–water partition coefficient (Wildman–Crippen LogP) is 15.0. The molecule has 3 heterocycles. The number of isothiocyanates is 3. The Bertz CT molecular complexity index is 2150. The Balaban J connectivity index is 0. The van der Waals surface area contributed by atoms with E-state index in [0.29, 0.717) is 0 Å². The summed E-state index contributed by atoms with van der Waals surface area (Å²) in [6.45, 7) is 45.1. The SMILES string of the molecule is CCCC[N+](CCCC)(CCCC)CCCC.CCCC[N+](CCCC)(CCCC)CCCC.CCCC[N+](CCCC)(CCCC)CCCC.O=C([O-])c1ccnc(-c2cc(C(=O)[O-])cc(-c3cc(C(=O)[O-])ccn3)n2)c1.S=C=[N][Ru-]([N]=C=S)[N]=C=S. The molecule has 0 radical (unpaired) electrons. The fourth-order valence-electron chi connectivity index (χ4n) is 10.4. The number of hydrogen-bond donors (Lipinski definition) is 0. The topological polar surface area (TPSA) is 196 Å². The zero-order valence-corrected chi connectivity index (χ0v) is 60.8. The number of carboxylic acid groups (broad SMARTS) is 3. The van der Waals surface area contributed by atoms with Crippen molar-refractivity contribution in [2.75, 3.05) is 78.5 Å². The molecule has 0 saturated carbocycles. The van der Waals surface area contributed by atoms with Crippen LogP contribution in [0.1, 0.15) is 268 Å². The first-order valence-electron chi connectivity index (χ1n) is 33.5. The molecule has 0 amide bonds. The van der Waals surface area contributed by atoms with E-state index < -0.39 is 34.6 Å². The molecule has 3 aromatic heterocycles. The molecule has 500 valence electrons. The van der Waals surface area contributed by atoms with Gasteiger partial charge in [0.2, 0.25) is 0 Å². The number of carbonyl (C=O) groups excluding carboxylic acids is 3. The van der Waals surface area contributed by atoms with Crippen molar-refractivity contribution in [2.45, 2.75) is 237 Å². The van der Waals surface area contributed by atoms with Crippen LogP contribution in [0, 0.1) is 0 Å². The van der Waals surface area contributed by atoms with Crippen LogP contribution in [-0.4, -0.2) is 140 Å². The third kappa shape index (κ3) is 39.1. The summed E-state index contributed by atoms with van der Waals surface area (Å²) in [6.07, 6.45) is 35.6. The number of aromatic nitrogens is 3. The molecule has 0 aromatic carbocycles. The third-order valence-corrected chi connectivity index (χ3v) is 18.4. The van der Waals surface area contributed by atoms with Crippen molar-refractivity contribution < 1.29 is 59.8 Å². The first kappa shape index (κ1) is 85.8. The number of quaternary nitrogens is 3. The van der Waals surface area contributed by atoms with Crippen molar-refractivity contribution >= 4 is 70.0 Å². The van der Waals surface area contributed by atoms with E-state index in [2.05, 4.69) is 161 Å². The number of rotatable bonds is 44. The number of aromatic carboxylic acids is 3. The van der Waals surface area contributed by atoms with Gasteiger partial charge in [0, 0.05) is 29.1 Å². The monoisotopic (exact) mass is 1360 g/mol. The van der Waals surface area contributed by atoms with Crippen molar-refractivity contribution in [2.24, 2.45) is 11.2 Å². The minimum absolute atomic E-state index is 0.0375. The second-order valence-corrected chi connectivity index (χ2v) is 25.8. The van der Waals surface area contributed by atoms with Gasteiger partial charge in [-0.2, -0.15) is 0 Å². The van der Waals surface area contributed by atoms with Crippen molar-refractivity contribution in [3.63, 3.8) is 0 Å². The Morgan fingerprint density at radius 2 is 0.557 bits per heavy atom. The summed E-state index contributed by atoms with van der Waals surface area (Å²) in [6, 6.07) is 7.09. The number of hydrogen-bond acceptors (Lipinski definition) is 15. The Labute approximate surface area is 556 Å². The summed E-state index contributed by atoms with van der Waals surface area (Å²) in [5.41, 5.74) is -0.366. The van der Waals surface area contributed by atoms with Crippen LogP contribution in [0.4, 0.5) is 0 Å². The second-order valence-electron chi connectivity index (χ2n) is 23.0. The second kappa shape index (κ2) is 55.6. The molecule has 0 spiro atoms. The first-order chi connectivity index (χ1) is 42.4. The molecule has 0 aliphatic rings. The van der Waals surface area contributed by atoms with E-state index in [1.165, 1.54) is 283 Å². The van der Waals surface area contributed by atoms with Crippen molar-refractivity contribution in [3.05, 3.63) is 65.5 Å². The number of pyridine rings is 3. The van der Waals surface area contributed by atoms with E-state index in [0.717, 1.165) is 12.1 Å². The Morgan fingerprint density at radius 1 is 0.364 bits per heavy atom. The van der Waals surface area contributed by atoms with Crippen LogP contribution in [0.5, 0.6) is 0 Å². The van der Waals surface area contributed by atoms with E-state index in [-0.39, 0.29) is 39.5 Å². The van der Waals surface area contributed by atoms with Gasteiger partial charge < -0.3 is 43.2 Å². The molecule has 0 bridgehead atoms. The number of carbonyl (C=O) groups is 3. The van der Waals surface area contributed by atoms with Gasteiger partial charge in [0.05, 0.1) is 119 Å². The summed E-state index contributed by atoms with van der Waals surface area (Å²) < 4.78 is 15.1. The average Bonchev–Trinajstić information content (AvgIpc) is 3.63. The van der Waals surface area contributed by atoms with Crippen LogP contribution in [0.2, 0.25) is 0 Å². The number of carboxylic acids is 3. The molecule has 3 rings (SSSR count). The van der Waals surface area contributed by atoms with Gasteiger partial charge in [-0.3, -0.25) is 9.97 Å². The number of nitrogens with zero attached hydrogens (tertiary/aromatic N) is 9. The Morgan fingerprint density at radius 3 is 0.727 bits per heavy atom. The standard InChI is InChI=1S/C18H11N3O6.3C16H36N.3CNS.Ru/c22-16(23)9-1-3-19-12(5-9)14-7-11(18(26)27)8-15(21-14)13-6-10(17(24)25)2-4-20-13;3*1-5-9-13-17(14-10-6-2,15-11-7-3)16-12-8-4;3*2-1-3;/h1-8H,(H,22,23)(H,24,25)(H,26,27);3*5-16H2,1-4H3;;;;/q;3*+1;3*-1;+2/p-3. The molecular formula is C69H116N9O6RuS3-. The van der Waals surface area contributed by atoms with Crippen molar-refractivity contribution in [1.82, 2.24) is 15.0 Å². The molecule has 19 heteroatoms. The maximum absolute atomic E-state index is 11.3. The average molecular weight is 1370 g/mol. The maximum atomic E-state index is 11.3. The number of thiocarbonyl (C=S) groups is 3. The van der Waals surface area contributed by atoms with Crippen LogP contribution >= 0.6 is 36.7 Å². The zero-order chi connectivity index (χ0) is 66.3. The molecule has 0 aliphatic heterocycles. The summed E-state index contributed by atoms with van der Waals surface area (Å²) in [7, 11) is 0. The van der Waals surface area contributed by atoms with Crippen molar-refractivity contribution in [3.8, 4) is 22.8 Å². The fraction of sp³-hybridized carbons (Fsp3) is 0.696. The molecule has 3 aromatic rings. The van der Waals surface area contributed by atoms with E-state index in [1.54, 1.807) is 0 Å². The van der Waals surface area contributed by atoms with Crippen LogP contribution in [0.15, 0.2) is 60.0 Å². The summed E-state index contributed by atoms with van der Waals surface area (Å²) in [4.78, 5) is 45.5. The van der Waals surface area contributed by atoms with Gasteiger partial charge in [-0.25, -0.2) is 4.98 Å². The van der Waals surface area contributed by atoms with Gasteiger partial charge in [0.25, 0.3) is 0 Å². The van der Waals surface area contributed by atoms with Gasteiger partial charge >= 0.3 is 80.0 Å². The molecule has 0 aliphatic carbocycles. The van der Waals surface area contributed by atoms with Crippen molar-refractivity contribution in [1.29, 1.82) is 0 Å². The molecule has 15 nitrogen and oxygen atoms in total. The Hall–Kier alpha value is -4.24. The molecule has 0 N–H and O–H groups in total. The molecule has 0 atom stereocenters. The molecule has 88 heavy (non-hydrogen) atoms. The van der Waals surface area contributed by atoms with Crippen LogP contribution in [-0.2, 0) is 16.7 Å². The first-order valence-corrected chi connectivity index (χ1v) is 37.0. The third-order valence-electron chi connectivity index (χ3n) is 15.7.